The lowest BCUT2D eigenvalue weighted by Gasteiger charge is -2.31. The maximum Gasteiger partial charge on any atom is 0.251 e. The first kappa shape index (κ1) is 10.7. The highest BCUT2D eigenvalue weighted by molar-refractivity contribution is 7.99. The van der Waals surface area contributed by atoms with Gasteiger partial charge < -0.3 is 4.98 Å². The van der Waals surface area contributed by atoms with Crippen molar-refractivity contribution in [3.05, 3.63) is 27.9 Å². The zero-order valence-electron chi connectivity index (χ0n) is 8.99. The molecule has 1 atom stereocenters. The molecule has 0 amide bonds. The Morgan fingerprint density at radius 1 is 1.67 bits per heavy atom. The fourth-order valence-corrected chi connectivity index (χ4v) is 2.95. The first-order chi connectivity index (χ1) is 7.16. The summed E-state index contributed by atoms with van der Waals surface area (Å²) in [5.41, 5.74) is 0.735. The third-order valence-electron chi connectivity index (χ3n) is 2.60. The molecule has 1 aromatic rings. The van der Waals surface area contributed by atoms with E-state index in [2.05, 4.69) is 21.9 Å². The van der Waals surface area contributed by atoms with Gasteiger partial charge in [-0.25, -0.2) is 4.98 Å². The quantitative estimate of drug-likeness (QED) is 0.768. The van der Waals surface area contributed by atoms with Crippen LogP contribution in [0, 0.1) is 6.92 Å². The SMILES string of the molecule is Cc1cc(=O)[nH]c(C2CSCCN2C)n1. The minimum absolute atomic E-state index is 0.0542. The van der Waals surface area contributed by atoms with Crippen molar-refractivity contribution < 1.29 is 0 Å². The Balaban J connectivity index is 2.31. The molecule has 2 rings (SSSR count). The highest BCUT2D eigenvalue weighted by Crippen LogP contribution is 2.25. The number of aryl methyl sites for hydroxylation is 1. The van der Waals surface area contributed by atoms with E-state index in [4.69, 9.17) is 0 Å². The molecule has 0 aliphatic carbocycles. The first-order valence-corrected chi connectivity index (χ1v) is 6.18. The fourth-order valence-electron chi connectivity index (χ4n) is 1.73. The van der Waals surface area contributed by atoms with Gasteiger partial charge in [0.15, 0.2) is 0 Å². The number of nitrogens with zero attached hydrogens (tertiary/aromatic N) is 2. The molecule has 1 aromatic heterocycles. The van der Waals surface area contributed by atoms with Crippen molar-refractivity contribution in [1.29, 1.82) is 0 Å². The molecular weight excluding hydrogens is 210 g/mol. The minimum atomic E-state index is -0.0542. The van der Waals surface area contributed by atoms with Crippen LogP contribution in [0.3, 0.4) is 0 Å². The molecule has 0 saturated carbocycles. The van der Waals surface area contributed by atoms with E-state index in [0.717, 1.165) is 29.6 Å². The van der Waals surface area contributed by atoms with Crippen molar-refractivity contribution in [2.45, 2.75) is 13.0 Å². The van der Waals surface area contributed by atoms with Crippen LogP contribution in [0.25, 0.3) is 0 Å². The van der Waals surface area contributed by atoms with Gasteiger partial charge in [0.2, 0.25) is 0 Å². The molecule has 1 unspecified atom stereocenters. The third-order valence-corrected chi connectivity index (χ3v) is 3.62. The normalized spacial score (nSPS) is 22.9. The molecule has 1 fully saturated rings. The van der Waals surface area contributed by atoms with Gasteiger partial charge in [-0.2, -0.15) is 11.8 Å². The van der Waals surface area contributed by atoms with Crippen LogP contribution in [0.15, 0.2) is 10.9 Å². The van der Waals surface area contributed by atoms with Gasteiger partial charge in [-0.3, -0.25) is 9.69 Å². The first-order valence-electron chi connectivity index (χ1n) is 5.02. The lowest BCUT2D eigenvalue weighted by atomic mass is 10.2. The predicted octanol–water partition coefficient (Wildman–Crippen LogP) is 0.798. The Morgan fingerprint density at radius 3 is 3.13 bits per heavy atom. The molecule has 1 aliphatic heterocycles. The summed E-state index contributed by atoms with van der Waals surface area (Å²) < 4.78 is 0. The third kappa shape index (κ3) is 2.41. The lowest BCUT2D eigenvalue weighted by molar-refractivity contribution is 0.264. The molecule has 0 spiro atoms. The standard InChI is InChI=1S/C10H15N3OS/c1-7-5-9(14)12-10(11-7)8-6-15-4-3-13(8)2/h5,8H,3-4,6H2,1-2H3,(H,11,12,14). The number of rotatable bonds is 1. The second-order valence-corrected chi connectivity index (χ2v) is 4.99. The van der Waals surface area contributed by atoms with Crippen LogP contribution in [0.5, 0.6) is 0 Å². The summed E-state index contributed by atoms with van der Waals surface area (Å²) in [5.74, 6) is 2.96. The minimum Gasteiger partial charge on any atom is -0.309 e. The van der Waals surface area contributed by atoms with E-state index in [1.54, 1.807) is 0 Å². The molecule has 15 heavy (non-hydrogen) atoms. The predicted molar refractivity (Wildman–Crippen MR) is 62.3 cm³/mol. The summed E-state index contributed by atoms with van der Waals surface area (Å²) >= 11 is 1.91. The van der Waals surface area contributed by atoms with E-state index in [-0.39, 0.29) is 11.6 Å². The summed E-state index contributed by atoms with van der Waals surface area (Å²) in [6, 6.07) is 1.77. The van der Waals surface area contributed by atoms with Crippen molar-refractivity contribution >= 4 is 11.8 Å². The van der Waals surface area contributed by atoms with Crippen molar-refractivity contribution in [1.82, 2.24) is 14.9 Å². The van der Waals surface area contributed by atoms with Gasteiger partial charge in [0.05, 0.1) is 6.04 Å². The van der Waals surface area contributed by atoms with E-state index in [1.165, 1.54) is 6.07 Å². The molecule has 82 valence electrons. The summed E-state index contributed by atoms with van der Waals surface area (Å²) in [6.07, 6.45) is 0. The maximum atomic E-state index is 11.3. The average molecular weight is 225 g/mol. The molecule has 5 heteroatoms. The van der Waals surface area contributed by atoms with E-state index in [1.807, 2.05) is 18.7 Å². The number of hydrogen-bond donors (Lipinski definition) is 1. The van der Waals surface area contributed by atoms with E-state index in [0.29, 0.717) is 0 Å². The molecule has 0 bridgehead atoms. The Kier molecular flexibility index (Phi) is 3.11. The van der Waals surface area contributed by atoms with Crippen LogP contribution in [-0.4, -0.2) is 40.0 Å². The van der Waals surface area contributed by atoms with Gasteiger partial charge in [0.25, 0.3) is 5.56 Å². The van der Waals surface area contributed by atoms with Crippen LogP contribution in [0.1, 0.15) is 17.6 Å². The Hall–Kier alpha value is -0.810. The lowest BCUT2D eigenvalue weighted by Crippen LogP contribution is -2.35. The monoisotopic (exact) mass is 225 g/mol. The van der Waals surface area contributed by atoms with E-state index < -0.39 is 0 Å². The zero-order valence-corrected chi connectivity index (χ0v) is 9.80. The van der Waals surface area contributed by atoms with E-state index in [9.17, 15) is 4.79 Å². The van der Waals surface area contributed by atoms with Gasteiger partial charge in [-0.1, -0.05) is 0 Å². The van der Waals surface area contributed by atoms with Gasteiger partial charge in [0.1, 0.15) is 5.82 Å². The summed E-state index contributed by atoms with van der Waals surface area (Å²) in [7, 11) is 2.08. The van der Waals surface area contributed by atoms with Crippen molar-refractivity contribution in [2.75, 3.05) is 25.1 Å². The highest BCUT2D eigenvalue weighted by Gasteiger charge is 2.23. The van der Waals surface area contributed by atoms with E-state index >= 15 is 0 Å². The number of H-pyrrole nitrogens is 1. The number of aromatic nitrogens is 2. The molecular formula is C10H15N3OS. The van der Waals surface area contributed by atoms with Gasteiger partial charge in [-0.05, 0) is 14.0 Å². The van der Waals surface area contributed by atoms with Gasteiger partial charge in [0, 0.05) is 29.8 Å². The van der Waals surface area contributed by atoms with Crippen LogP contribution in [0.2, 0.25) is 0 Å². The molecule has 0 aromatic carbocycles. The molecule has 1 aliphatic rings. The number of thioether (sulfide) groups is 1. The molecule has 1 N–H and O–H groups in total. The van der Waals surface area contributed by atoms with Crippen LogP contribution >= 0.6 is 11.8 Å². The van der Waals surface area contributed by atoms with Crippen molar-refractivity contribution in [2.24, 2.45) is 0 Å². The molecule has 2 heterocycles. The highest BCUT2D eigenvalue weighted by atomic mass is 32.2. The number of hydrogen-bond acceptors (Lipinski definition) is 4. The zero-order chi connectivity index (χ0) is 10.8. The number of nitrogens with one attached hydrogen (secondary N) is 1. The summed E-state index contributed by atoms with van der Waals surface area (Å²) in [5, 5.41) is 0. The second kappa shape index (κ2) is 4.37. The van der Waals surface area contributed by atoms with Crippen LogP contribution in [-0.2, 0) is 0 Å². The van der Waals surface area contributed by atoms with Crippen molar-refractivity contribution in [3.8, 4) is 0 Å². The van der Waals surface area contributed by atoms with Crippen molar-refractivity contribution in [3.63, 3.8) is 0 Å². The smallest absolute Gasteiger partial charge is 0.251 e. The Morgan fingerprint density at radius 2 is 2.47 bits per heavy atom. The average Bonchev–Trinajstić information content (AvgIpc) is 2.16. The van der Waals surface area contributed by atoms with Crippen LogP contribution in [0.4, 0.5) is 0 Å². The van der Waals surface area contributed by atoms with Gasteiger partial charge in [-0.15, -0.1) is 0 Å². The van der Waals surface area contributed by atoms with Crippen LogP contribution < -0.4 is 5.56 Å². The Bertz CT molecular complexity index is 404. The fraction of sp³-hybridized carbons (Fsp3) is 0.600. The molecule has 1 saturated heterocycles. The topological polar surface area (TPSA) is 49.0 Å². The van der Waals surface area contributed by atoms with Gasteiger partial charge >= 0.3 is 0 Å². The largest absolute Gasteiger partial charge is 0.309 e. The Labute approximate surface area is 93.1 Å². The maximum absolute atomic E-state index is 11.3. The summed E-state index contributed by atoms with van der Waals surface area (Å²) in [6.45, 7) is 2.90. The second-order valence-electron chi connectivity index (χ2n) is 3.84. The number of aromatic amines is 1. The summed E-state index contributed by atoms with van der Waals surface area (Å²) in [4.78, 5) is 20.8. The molecule has 4 nitrogen and oxygen atoms in total. The molecule has 0 radical (unpaired) electrons.